The Morgan fingerprint density at radius 3 is 2.67 bits per heavy atom. The quantitative estimate of drug-likeness (QED) is 0.706. The maximum atomic E-state index is 11.4. The number of likely N-dealkylation sites (N-methyl/N-ethyl adjacent to an activating group) is 1. The van der Waals surface area contributed by atoms with E-state index in [1.165, 1.54) is 0 Å². The Labute approximate surface area is 80.4 Å². The lowest BCUT2D eigenvalue weighted by molar-refractivity contribution is -0.124. The number of hydrogen-bond acceptors (Lipinski definition) is 1. The Balaban J connectivity index is 3.11. The summed E-state index contributed by atoms with van der Waals surface area (Å²) in [6.07, 6.45) is 1.70. The summed E-state index contributed by atoms with van der Waals surface area (Å²) in [4.78, 5) is 13.1. The molecule has 1 rings (SSSR count). The second-order valence-corrected chi connectivity index (χ2v) is 3.63. The molecule has 0 atom stereocenters. The summed E-state index contributed by atoms with van der Waals surface area (Å²) < 4.78 is 0.631. The summed E-state index contributed by atoms with van der Waals surface area (Å²) in [6.45, 7) is 7.96. The third kappa shape index (κ3) is 1.37. The van der Waals surface area contributed by atoms with Crippen LogP contribution in [0.5, 0.6) is 0 Å². The molecule has 0 aromatic carbocycles. The van der Waals surface area contributed by atoms with Gasteiger partial charge in [0.25, 0.3) is 5.91 Å². The Morgan fingerprint density at radius 1 is 1.75 bits per heavy atom. The summed E-state index contributed by atoms with van der Waals surface area (Å²) >= 11 is 3.20. The summed E-state index contributed by atoms with van der Waals surface area (Å²) in [6, 6.07) is 0. The molecule has 2 nitrogen and oxygen atoms in total. The van der Waals surface area contributed by atoms with Gasteiger partial charge < -0.3 is 4.90 Å². The molecule has 1 amide bonds. The largest absolute Gasteiger partial charge is 0.337 e. The van der Waals surface area contributed by atoms with Crippen molar-refractivity contribution in [1.29, 1.82) is 0 Å². The van der Waals surface area contributed by atoms with Crippen LogP contribution in [0.15, 0.2) is 34.9 Å². The highest BCUT2D eigenvalue weighted by molar-refractivity contribution is 9.12. The van der Waals surface area contributed by atoms with Crippen molar-refractivity contribution in [3.63, 3.8) is 0 Å². The van der Waals surface area contributed by atoms with E-state index in [1.807, 2.05) is 0 Å². The SMILES string of the molecule is C=CC1=C(C(=C)Br)C(=O)N(C)C1. The van der Waals surface area contributed by atoms with Crippen LogP contribution in [0.1, 0.15) is 0 Å². The number of rotatable bonds is 2. The van der Waals surface area contributed by atoms with Crippen LogP contribution in [-0.2, 0) is 4.79 Å². The van der Waals surface area contributed by atoms with Gasteiger partial charge in [0.1, 0.15) is 0 Å². The molecule has 0 radical (unpaired) electrons. The van der Waals surface area contributed by atoms with Gasteiger partial charge in [0, 0.05) is 18.1 Å². The van der Waals surface area contributed by atoms with E-state index >= 15 is 0 Å². The first-order valence-electron chi connectivity index (χ1n) is 3.53. The molecule has 0 aliphatic carbocycles. The summed E-state index contributed by atoms with van der Waals surface area (Å²) in [5, 5.41) is 0. The van der Waals surface area contributed by atoms with Crippen LogP contribution in [0.25, 0.3) is 0 Å². The topological polar surface area (TPSA) is 20.3 Å². The number of nitrogens with zero attached hydrogens (tertiary/aromatic N) is 1. The first-order valence-corrected chi connectivity index (χ1v) is 4.33. The highest BCUT2D eigenvalue weighted by Gasteiger charge is 2.26. The predicted molar refractivity (Wildman–Crippen MR) is 52.9 cm³/mol. The number of carbonyl (C=O) groups is 1. The zero-order valence-corrected chi connectivity index (χ0v) is 8.52. The molecular formula is C9H10BrNO. The van der Waals surface area contributed by atoms with Crippen molar-refractivity contribution in [2.24, 2.45) is 0 Å². The van der Waals surface area contributed by atoms with E-state index in [9.17, 15) is 4.79 Å². The molecule has 1 aliphatic rings. The Hall–Kier alpha value is -0.830. The average Bonchev–Trinajstić information content (AvgIpc) is 2.28. The van der Waals surface area contributed by atoms with Gasteiger partial charge in [-0.1, -0.05) is 35.2 Å². The molecule has 0 aromatic rings. The fraction of sp³-hybridized carbons (Fsp3) is 0.222. The molecule has 0 unspecified atom stereocenters. The number of halogens is 1. The zero-order valence-electron chi connectivity index (χ0n) is 6.93. The van der Waals surface area contributed by atoms with Crippen LogP contribution >= 0.6 is 15.9 Å². The van der Waals surface area contributed by atoms with Crippen molar-refractivity contribution in [1.82, 2.24) is 4.90 Å². The number of carbonyl (C=O) groups excluding carboxylic acids is 1. The van der Waals surface area contributed by atoms with Gasteiger partial charge in [0.2, 0.25) is 0 Å². The average molecular weight is 228 g/mol. The van der Waals surface area contributed by atoms with E-state index < -0.39 is 0 Å². The van der Waals surface area contributed by atoms with E-state index in [4.69, 9.17) is 0 Å². The molecule has 0 fully saturated rings. The third-order valence-electron chi connectivity index (χ3n) is 1.81. The molecule has 3 heteroatoms. The molecule has 0 spiro atoms. The van der Waals surface area contributed by atoms with Gasteiger partial charge in [-0.25, -0.2) is 0 Å². The lowest BCUT2D eigenvalue weighted by Crippen LogP contribution is -2.21. The summed E-state index contributed by atoms with van der Waals surface area (Å²) in [7, 11) is 1.76. The van der Waals surface area contributed by atoms with Crippen LogP contribution in [0.2, 0.25) is 0 Å². The molecule has 0 bridgehead atoms. The van der Waals surface area contributed by atoms with Crippen LogP contribution in [0, 0.1) is 0 Å². The monoisotopic (exact) mass is 227 g/mol. The normalized spacial score (nSPS) is 17.2. The van der Waals surface area contributed by atoms with Crippen molar-refractivity contribution in [3.8, 4) is 0 Å². The maximum absolute atomic E-state index is 11.4. The Kier molecular flexibility index (Phi) is 2.52. The molecule has 0 saturated carbocycles. The molecule has 0 N–H and O–H groups in total. The van der Waals surface area contributed by atoms with Crippen molar-refractivity contribution in [3.05, 3.63) is 34.9 Å². The minimum Gasteiger partial charge on any atom is -0.337 e. The standard InChI is InChI=1S/C9H10BrNO/c1-4-7-5-11(3)9(12)8(7)6(2)10/h4H,1-2,5H2,3H3. The fourth-order valence-corrected chi connectivity index (χ4v) is 1.62. The first kappa shape index (κ1) is 9.26. The van der Waals surface area contributed by atoms with Crippen LogP contribution in [0.4, 0.5) is 0 Å². The predicted octanol–water partition coefficient (Wildman–Crippen LogP) is 1.85. The first-order chi connectivity index (χ1) is 5.57. The number of hydrogen-bond donors (Lipinski definition) is 0. The van der Waals surface area contributed by atoms with Crippen molar-refractivity contribution in [2.45, 2.75) is 0 Å². The molecule has 0 aromatic heterocycles. The molecule has 1 heterocycles. The van der Waals surface area contributed by atoms with Gasteiger partial charge in [-0.3, -0.25) is 4.79 Å². The molecule has 0 saturated heterocycles. The fourth-order valence-electron chi connectivity index (χ4n) is 1.19. The third-order valence-corrected chi connectivity index (χ3v) is 2.20. The molecule has 12 heavy (non-hydrogen) atoms. The van der Waals surface area contributed by atoms with E-state index in [0.29, 0.717) is 16.6 Å². The van der Waals surface area contributed by atoms with E-state index in [0.717, 1.165) is 5.57 Å². The van der Waals surface area contributed by atoms with Crippen LogP contribution < -0.4 is 0 Å². The van der Waals surface area contributed by atoms with Crippen LogP contribution in [0.3, 0.4) is 0 Å². The highest BCUT2D eigenvalue weighted by atomic mass is 79.9. The van der Waals surface area contributed by atoms with Gasteiger partial charge in [-0.15, -0.1) is 0 Å². The lowest BCUT2D eigenvalue weighted by atomic mass is 10.1. The Morgan fingerprint density at radius 2 is 2.33 bits per heavy atom. The summed E-state index contributed by atoms with van der Waals surface area (Å²) in [5.41, 5.74) is 1.58. The molecular weight excluding hydrogens is 218 g/mol. The van der Waals surface area contributed by atoms with E-state index in [-0.39, 0.29) is 5.91 Å². The second kappa shape index (κ2) is 3.27. The second-order valence-electron chi connectivity index (χ2n) is 2.67. The van der Waals surface area contributed by atoms with E-state index in [1.54, 1.807) is 18.0 Å². The van der Waals surface area contributed by atoms with E-state index in [2.05, 4.69) is 29.1 Å². The van der Waals surface area contributed by atoms with Gasteiger partial charge in [0.15, 0.2) is 0 Å². The maximum Gasteiger partial charge on any atom is 0.255 e. The van der Waals surface area contributed by atoms with Crippen molar-refractivity contribution in [2.75, 3.05) is 13.6 Å². The van der Waals surface area contributed by atoms with Gasteiger partial charge in [-0.2, -0.15) is 0 Å². The van der Waals surface area contributed by atoms with Crippen molar-refractivity contribution >= 4 is 21.8 Å². The summed E-state index contributed by atoms with van der Waals surface area (Å²) in [5.74, 6) is 0.00627. The Bertz CT molecular complexity index is 291. The van der Waals surface area contributed by atoms with Crippen molar-refractivity contribution < 1.29 is 4.79 Å². The lowest BCUT2D eigenvalue weighted by Gasteiger charge is -2.07. The molecule has 1 aliphatic heterocycles. The smallest absolute Gasteiger partial charge is 0.255 e. The zero-order chi connectivity index (χ0) is 9.30. The minimum atomic E-state index is 0.00627. The van der Waals surface area contributed by atoms with Gasteiger partial charge >= 0.3 is 0 Å². The van der Waals surface area contributed by atoms with Gasteiger partial charge in [0.05, 0.1) is 5.57 Å². The number of amides is 1. The van der Waals surface area contributed by atoms with Gasteiger partial charge in [-0.05, 0) is 5.57 Å². The minimum absolute atomic E-state index is 0.00627. The highest BCUT2D eigenvalue weighted by Crippen LogP contribution is 2.27. The van der Waals surface area contributed by atoms with Crippen LogP contribution in [-0.4, -0.2) is 24.4 Å². The molecule has 64 valence electrons.